The van der Waals surface area contributed by atoms with Crippen molar-refractivity contribution in [1.29, 1.82) is 0 Å². The highest BCUT2D eigenvalue weighted by Crippen LogP contribution is 2.17. The van der Waals surface area contributed by atoms with Crippen LogP contribution >= 0.6 is 15.9 Å². The largest absolute Gasteiger partial charge is 0.497 e. The van der Waals surface area contributed by atoms with Crippen molar-refractivity contribution in [2.24, 2.45) is 0 Å². The first kappa shape index (κ1) is 18.5. The quantitative estimate of drug-likeness (QED) is 0.829. The molecule has 26 heavy (non-hydrogen) atoms. The molecule has 1 heterocycles. The first-order valence-electron chi connectivity index (χ1n) is 8.56. The fourth-order valence-corrected chi connectivity index (χ4v) is 3.28. The Morgan fingerprint density at radius 2 is 1.58 bits per heavy atom. The van der Waals surface area contributed by atoms with Gasteiger partial charge in [0.15, 0.2) is 0 Å². The fourth-order valence-electron chi connectivity index (χ4n) is 3.01. The van der Waals surface area contributed by atoms with Crippen LogP contribution in [0, 0.1) is 0 Å². The molecule has 1 fully saturated rings. The number of nitrogens with one attached hydrogen (secondary N) is 1. The van der Waals surface area contributed by atoms with Crippen LogP contribution in [0.1, 0.15) is 33.6 Å². The lowest BCUT2D eigenvalue weighted by Gasteiger charge is -2.32. The van der Waals surface area contributed by atoms with Gasteiger partial charge < -0.3 is 15.0 Å². The van der Waals surface area contributed by atoms with Gasteiger partial charge in [-0.25, -0.2) is 0 Å². The van der Waals surface area contributed by atoms with Crippen molar-refractivity contribution in [3.05, 3.63) is 64.1 Å². The molecule has 0 unspecified atom stereocenters. The van der Waals surface area contributed by atoms with Gasteiger partial charge in [-0.15, -0.1) is 0 Å². The van der Waals surface area contributed by atoms with E-state index in [0.29, 0.717) is 24.2 Å². The normalized spacial score (nSPS) is 14.8. The Morgan fingerprint density at radius 3 is 2.15 bits per heavy atom. The zero-order valence-electron chi connectivity index (χ0n) is 14.6. The fraction of sp³-hybridized carbons (Fsp3) is 0.300. The molecule has 6 heteroatoms. The maximum absolute atomic E-state index is 12.5. The molecular formula is C20H21BrN2O3. The van der Waals surface area contributed by atoms with Gasteiger partial charge in [-0.05, 0) is 61.4 Å². The van der Waals surface area contributed by atoms with Crippen molar-refractivity contribution >= 4 is 27.7 Å². The Labute approximate surface area is 161 Å². The summed E-state index contributed by atoms with van der Waals surface area (Å²) in [5.41, 5.74) is 1.30. The van der Waals surface area contributed by atoms with Crippen molar-refractivity contribution in [3.8, 4) is 5.75 Å². The number of likely N-dealkylation sites (tertiary alicyclic amines) is 1. The van der Waals surface area contributed by atoms with E-state index >= 15 is 0 Å². The van der Waals surface area contributed by atoms with Crippen LogP contribution in [0.25, 0.3) is 0 Å². The van der Waals surface area contributed by atoms with Gasteiger partial charge in [-0.2, -0.15) is 0 Å². The van der Waals surface area contributed by atoms with Crippen molar-refractivity contribution in [2.45, 2.75) is 18.9 Å². The summed E-state index contributed by atoms with van der Waals surface area (Å²) in [5, 5.41) is 3.06. The van der Waals surface area contributed by atoms with E-state index in [-0.39, 0.29) is 17.9 Å². The molecule has 2 aromatic carbocycles. The van der Waals surface area contributed by atoms with Crippen LogP contribution in [0.5, 0.6) is 5.75 Å². The molecule has 1 N–H and O–H groups in total. The van der Waals surface area contributed by atoms with Crippen molar-refractivity contribution in [2.75, 3.05) is 20.2 Å². The number of hydrogen-bond acceptors (Lipinski definition) is 3. The standard InChI is InChI=1S/C20H21BrN2O3/c1-26-18-8-4-14(5-9-18)19(24)22-17-10-12-23(13-11-17)20(25)15-2-6-16(21)7-3-15/h2-9,17H,10-13H2,1H3,(H,22,24). The molecule has 0 spiro atoms. The summed E-state index contributed by atoms with van der Waals surface area (Å²) in [6.07, 6.45) is 1.51. The van der Waals surface area contributed by atoms with Crippen molar-refractivity contribution in [3.63, 3.8) is 0 Å². The summed E-state index contributed by atoms with van der Waals surface area (Å²) >= 11 is 3.38. The van der Waals surface area contributed by atoms with Gasteiger partial charge in [-0.3, -0.25) is 9.59 Å². The molecule has 0 aromatic heterocycles. The monoisotopic (exact) mass is 416 g/mol. The number of carbonyl (C=O) groups is 2. The van der Waals surface area contributed by atoms with Gasteiger partial charge in [0.2, 0.25) is 0 Å². The molecule has 5 nitrogen and oxygen atoms in total. The highest BCUT2D eigenvalue weighted by molar-refractivity contribution is 9.10. The van der Waals surface area contributed by atoms with E-state index in [1.54, 1.807) is 31.4 Å². The Bertz CT molecular complexity index is 767. The topological polar surface area (TPSA) is 58.6 Å². The van der Waals surface area contributed by atoms with E-state index in [2.05, 4.69) is 21.2 Å². The number of benzene rings is 2. The molecule has 1 aliphatic rings. The molecule has 0 aliphatic carbocycles. The molecule has 1 aliphatic heterocycles. The van der Waals surface area contributed by atoms with Crippen molar-refractivity contribution in [1.82, 2.24) is 10.2 Å². The number of halogens is 1. The van der Waals surface area contributed by atoms with E-state index in [9.17, 15) is 9.59 Å². The third-order valence-corrected chi connectivity index (χ3v) is 5.09. The minimum absolute atomic E-state index is 0.0393. The van der Waals surface area contributed by atoms with Gasteiger partial charge in [-0.1, -0.05) is 15.9 Å². The van der Waals surface area contributed by atoms with Crippen LogP contribution in [0.3, 0.4) is 0 Å². The number of rotatable bonds is 4. The lowest BCUT2D eigenvalue weighted by atomic mass is 10.0. The zero-order valence-corrected chi connectivity index (χ0v) is 16.2. The number of nitrogens with zero attached hydrogens (tertiary/aromatic N) is 1. The molecule has 3 rings (SSSR count). The summed E-state index contributed by atoms with van der Waals surface area (Å²) in [7, 11) is 1.60. The number of amides is 2. The number of piperidine rings is 1. The summed E-state index contributed by atoms with van der Waals surface area (Å²) in [6, 6.07) is 14.5. The molecule has 0 radical (unpaired) electrons. The second-order valence-corrected chi connectivity index (χ2v) is 7.19. The van der Waals surface area contributed by atoms with Crippen LogP contribution in [0.15, 0.2) is 53.0 Å². The minimum Gasteiger partial charge on any atom is -0.497 e. The van der Waals surface area contributed by atoms with E-state index < -0.39 is 0 Å². The average molecular weight is 417 g/mol. The highest BCUT2D eigenvalue weighted by Gasteiger charge is 2.24. The van der Waals surface area contributed by atoms with Gasteiger partial charge in [0.05, 0.1) is 7.11 Å². The van der Waals surface area contributed by atoms with Gasteiger partial charge in [0.25, 0.3) is 11.8 Å². The average Bonchev–Trinajstić information content (AvgIpc) is 2.68. The van der Waals surface area contributed by atoms with E-state index in [4.69, 9.17) is 4.74 Å². The maximum Gasteiger partial charge on any atom is 0.253 e. The molecule has 136 valence electrons. The van der Waals surface area contributed by atoms with Crippen LogP contribution in [0.2, 0.25) is 0 Å². The first-order valence-corrected chi connectivity index (χ1v) is 9.36. The van der Waals surface area contributed by atoms with Crippen molar-refractivity contribution < 1.29 is 14.3 Å². The second kappa shape index (κ2) is 8.36. The molecule has 2 amide bonds. The second-order valence-electron chi connectivity index (χ2n) is 6.28. The van der Waals surface area contributed by atoms with E-state index in [0.717, 1.165) is 23.1 Å². The van der Waals surface area contributed by atoms with Crippen LogP contribution in [0.4, 0.5) is 0 Å². The number of hydrogen-bond donors (Lipinski definition) is 1. The SMILES string of the molecule is COc1ccc(C(=O)NC2CCN(C(=O)c3ccc(Br)cc3)CC2)cc1. The highest BCUT2D eigenvalue weighted by atomic mass is 79.9. The number of carbonyl (C=O) groups excluding carboxylic acids is 2. The maximum atomic E-state index is 12.5. The van der Waals surface area contributed by atoms with Crippen LogP contribution in [-0.2, 0) is 0 Å². The predicted molar refractivity (Wildman–Crippen MR) is 104 cm³/mol. The number of ether oxygens (including phenoxy) is 1. The predicted octanol–water partition coefficient (Wildman–Crippen LogP) is 3.49. The van der Waals surface area contributed by atoms with Gasteiger partial charge in [0.1, 0.15) is 5.75 Å². The molecule has 0 atom stereocenters. The van der Waals surface area contributed by atoms with Gasteiger partial charge >= 0.3 is 0 Å². The zero-order chi connectivity index (χ0) is 18.5. The third kappa shape index (κ3) is 4.43. The number of methoxy groups -OCH3 is 1. The summed E-state index contributed by atoms with van der Waals surface area (Å²) in [5.74, 6) is 0.670. The lowest BCUT2D eigenvalue weighted by Crippen LogP contribution is -2.46. The van der Waals surface area contributed by atoms with Gasteiger partial charge in [0, 0.05) is 34.7 Å². The van der Waals surface area contributed by atoms with E-state index in [1.165, 1.54) is 0 Å². The molecule has 2 aromatic rings. The minimum atomic E-state index is -0.0923. The van der Waals surface area contributed by atoms with Crippen LogP contribution in [-0.4, -0.2) is 43.0 Å². The Hall–Kier alpha value is -2.34. The van der Waals surface area contributed by atoms with Crippen LogP contribution < -0.4 is 10.1 Å². The summed E-state index contributed by atoms with van der Waals surface area (Å²) in [4.78, 5) is 26.7. The lowest BCUT2D eigenvalue weighted by molar-refractivity contribution is 0.0698. The summed E-state index contributed by atoms with van der Waals surface area (Å²) < 4.78 is 6.06. The van der Waals surface area contributed by atoms with E-state index in [1.807, 2.05) is 29.2 Å². The Kier molecular flexibility index (Phi) is 5.93. The Morgan fingerprint density at radius 1 is 1.00 bits per heavy atom. The summed E-state index contributed by atoms with van der Waals surface area (Å²) in [6.45, 7) is 1.28. The molecule has 0 saturated carbocycles. The Balaban J connectivity index is 1.52. The third-order valence-electron chi connectivity index (χ3n) is 4.56. The molecular weight excluding hydrogens is 396 g/mol. The molecule has 1 saturated heterocycles. The molecule has 0 bridgehead atoms. The smallest absolute Gasteiger partial charge is 0.253 e. The first-order chi connectivity index (χ1) is 12.6.